The van der Waals surface area contributed by atoms with Crippen LogP contribution in [0.2, 0.25) is 0 Å². The summed E-state index contributed by atoms with van der Waals surface area (Å²) in [6.45, 7) is 12.0. The highest BCUT2D eigenvalue weighted by atomic mass is 19.1. The average molecular weight is 628 g/mol. The molecule has 3 aliphatic rings. The number of hydrogen-bond acceptors (Lipinski definition) is 7. The van der Waals surface area contributed by atoms with Gasteiger partial charge < -0.3 is 29.7 Å². The number of aliphatic carboxylic acids is 1. The molecule has 45 heavy (non-hydrogen) atoms. The number of cyclic esters (lactones) is 1. The van der Waals surface area contributed by atoms with Gasteiger partial charge in [-0.25, -0.2) is 9.18 Å². The molecule has 5 atom stereocenters. The molecule has 10 heteroatoms. The van der Waals surface area contributed by atoms with Crippen LogP contribution in [0.4, 0.5) is 14.9 Å². The molecule has 2 N–H and O–H groups in total. The number of carbonyl (C=O) groups excluding carboxylic acids is 2. The predicted molar refractivity (Wildman–Crippen MR) is 172 cm³/mol. The van der Waals surface area contributed by atoms with Gasteiger partial charge in [0.1, 0.15) is 18.0 Å². The second kappa shape index (κ2) is 16.2. The first-order chi connectivity index (χ1) is 21.5. The molecule has 1 aromatic rings. The van der Waals surface area contributed by atoms with Gasteiger partial charge in [-0.15, -0.1) is 0 Å². The molecule has 2 fully saturated rings. The number of anilines is 1. The molecule has 4 rings (SSSR count). The van der Waals surface area contributed by atoms with Crippen LogP contribution in [-0.4, -0.2) is 79.5 Å². The number of hydrogen-bond donors (Lipinski definition) is 2. The molecule has 3 aliphatic heterocycles. The summed E-state index contributed by atoms with van der Waals surface area (Å²) in [5.41, 5.74) is 2.20. The van der Waals surface area contributed by atoms with Crippen LogP contribution in [-0.2, 0) is 19.1 Å². The summed E-state index contributed by atoms with van der Waals surface area (Å²) in [5, 5.41) is 12.4. The van der Waals surface area contributed by atoms with Crippen molar-refractivity contribution in [1.29, 1.82) is 0 Å². The van der Waals surface area contributed by atoms with E-state index < -0.39 is 18.2 Å². The Bertz CT molecular complexity index is 1240. The SMILES string of the molecule is C/C(=C\c1cc(F)cc(N2CCC(CC(=O)O)CC2)c1)[C@H]1OC(=O)C[C@H](C)CC[C@H](C)[C@@H](OC(=O)N2CCNCC2)/C=C/[C@@H]1C. The highest BCUT2D eigenvalue weighted by molar-refractivity contribution is 5.71. The number of ether oxygens (including phenoxy) is 2. The topological polar surface area (TPSA) is 108 Å². The minimum absolute atomic E-state index is 0.0770. The monoisotopic (exact) mass is 627 g/mol. The molecule has 0 radical (unpaired) electrons. The number of piperazine rings is 1. The third-order valence-electron chi connectivity index (χ3n) is 9.33. The first-order valence-electron chi connectivity index (χ1n) is 16.5. The van der Waals surface area contributed by atoms with Crippen molar-refractivity contribution in [2.24, 2.45) is 23.7 Å². The van der Waals surface area contributed by atoms with Crippen LogP contribution < -0.4 is 10.2 Å². The van der Waals surface area contributed by atoms with E-state index in [4.69, 9.17) is 14.6 Å². The van der Waals surface area contributed by atoms with Gasteiger partial charge in [0.2, 0.25) is 0 Å². The maximum Gasteiger partial charge on any atom is 0.410 e. The lowest BCUT2D eigenvalue weighted by Gasteiger charge is -2.33. The van der Waals surface area contributed by atoms with Crippen LogP contribution in [0.3, 0.4) is 0 Å². The standard InChI is InChI=1S/C35H50FN3O6/c1-23-5-6-24(2)31(44-35(43)39-15-11-37-12-16-39)8-7-25(3)34(45-33(42)17-23)26(4)18-28-19-29(36)22-30(20-28)38-13-9-27(10-14-38)21-32(40)41/h7-8,18-20,22-25,27,31,34,37H,5-6,9-17,21H2,1-4H3,(H,40,41)/b8-7+,26-18+/t23-,24+,25+,31+,34+/m1/s1. The van der Waals surface area contributed by atoms with E-state index in [9.17, 15) is 18.8 Å². The van der Waals surface area contributed by atoms with Crippen molar-refractivity contribution in [1.82, 2.24) is 10.2 Å². The van der Waals surface area contributed by atoms with Crippen LogP contribution >= 0.6 is 0 Å². The van der Waals surface area contributed by atoms with Crippen molar-refractivity contribution >= 4 is 29.8 Å². The van der Waals surface area contributed by atoms with Crippen molar-refractivity contribution in [3.8, 4) is 0 Å². The van der Waals surface area contributed by atoms with Crippen LogP contribution in [0.1, 0.15) is 71.8 Å². The summed E-state index contributed by atoms with van der Waals surface area (Å²) in [6.07, 6.45) is 8.03. The van der Waals surface area contributed by atoms with Gasteiger partial charge in [0.15, 0.2) is 0 Å². The minimum Gasteiger partial charge on any atom is -0.481 e. The third kappa shape index (κ3) is 10.3. The van der Waals surface area contributed by atoms with Gasteiger partial charge in [0.05, 0.1) is 0 Å². The predicted octanol–water partition coefficient (Wildman–Crippen LogP) is 5.89. The van der Waals surface area contributed by atoms with Gasteiger partial charge in [-0.1, -0.05) is 32.9 Å². The number of piperidine rings is 1. The lowest BCUT2D eigenvalue weighted by atomic mass is 9.89. The Hall–Kier alpha value is -3.40. The molecule has 0 unspecified atom stereocenters. The number of rotatable bonds is 6. The molecule has 3 heterocycles. The van der Waals surface area contributed by atoms with Crippen molar-refractivity contribution in [2.45, 2.75) is 78.4 Å². The molecular formula is C35H50FN3O6. The zero-order chi connectivity index (χ0) is 32.5. The maximum atomic E-state index is 14.8. The third-order valence-corrected chi connectivity index (χ3v) is 9.33. The minimum atomic E-state index is -0.783. The van der Waals surface area contributed by atoms with Gasteiger partial charge in [0.25, 0.3) is 0 Å². The quantitative estimate of drug-likeness (QED) is 0.297. The molecule has 2 saturated heterocycles. The first kappa shape index (κ1) is 34.5. The molecule has 9 nitrogen and oxygen atoms in total. The van der Waals surface area contributed by atoms with Crippen LogP contribution in [0, 0.1) is 29.5 Å². The number of halogens is 1. The van der Waals surface area contributed by atoms with Crippen molar-refractivity contribution < 1.29 is 33.4 Å². The molecular weight excluding hydrogens is 577 g/mol. The van der Waals surface area contributed by atoms with E-state index in [1.54, 1.807) is 4.90 Å². The molecule has 0 saturated carbocycles. The van der Waals surface area contributed by atoms with E-state index in [1.807, 2.05) is 45.1 Å². The van der Waals surface area contributed by atoms with Crippen LogP contribution in [0.5, 0.6) is 0 Å². The number of nitrogens with one attached hydrogen (secondary N) is 1. The van der Waals surface area contributed by atoms with Gasteiger partial charge in [-0.2, -0.15) is 0 Å². The lowest BCUT2D eigenvalue weighted by molar-refractivity contribution is -0.149. The molecule has 0 aromatic heterocycles. The fourth-order valence-electron chi connectivity index (χ4n) is 6.52. The normalized spacial score (nSPS) is 28.4. The Kier molecular flexibility index (Phi) is 12.4. The van der Waals surface area contributed by atoms with Gasteiger partial charge >= 0.3 is 18.0 Å². The Morgan fingerprint density at radius 3 is 2.44 bits per heavy atom. The number of carboxylic acids is 1. The highest BCUT2D eigenvalue weighted by Gasteiger charge is 2.29. The zero-order valence-corrected chi connectivity index (χ0v) is 27.2. The molecule has 1 amide bonds. The van der Waals surface area contributed by atoms with Crippen molar-refractivity contribution in [3.05, 3.63) is 47.3 Å². The van der Waals surface area contributed by atoms with Crippen LogP contribution in [0.15, 0.2) is 35.9 Å². The van der Waals surface area contributed by atoms with E-state index in [1.165, 1.54) is 12.1 Å². The summed E-state index contributed by atoms with van der Waals surface area (Å²) in [6, 6.07) is 4.91. The molecule has 0 bridgehead atoms. The maximum absolute atomic E-state index is 14.8. The average Bonchev–Trinajstić information content (AvgIpc) is 3.00. The van der Waals surface area contributed by atoms with E-state index in [2.05, 4.69) is 17.1 Å². The number of carboxylic acid groups (broad SMARTS) is 1. The number of nitrogens with zero attached hydrogens (tertiary/aromatic N) is 2. The van der Waals surface area contributed by atoms with E-state index in [-0.39, 0.29) is 48.0 Å². The van der Waals surface area contributed by atoms with Gasteiger partial charge in [-0.05, 0) is 85.8 Å². The smallest absolute Gasteiger partial charge is 0.410 e. The van der Waals surface area contributed by atoms with Gasteiger partial charge in [0, 0.05) is 63.7 Å². The Morgan fingerprint density at radius 2 is 1.76 bits per heavy atom. The second-order valence-electron chi connectivity index (χ2n) is 13.3. The first-order valence-corrected chi connectivity index (χ1v) is 16.5. The Labute approximate surface area is 266 Å². The Balaban J connectivity index is 1.54. The van der Waals surface area contributed by atoms with E-state index in [0.717, 1.165) is 50.0 Å². The van der Waals surface area contributed by atoms with Crippen LogP contribution in [0.25, 0.3) is 6.08 Å². The summed E-state index contributed by atoms with van der Waals surface area (Å²) >= 11 is 0. The molecule has 248 valence electrons. The fraction of sp³-hybridized carbons (Fsp3) is 0.629. The molecule has 0 spiro atoms. The summed E-state index contributed by atoms with van der Waals surface area (Å²) in [4.78, 5) is 41.0. The molecule has 1 aromatic carbocycles. The number of carbonyl (C=O) groups is 3. The van der Waals surface area contributed by atoms with E-state index >= 15 is 0 Å². The lowest BCUT2D eigenvalue weighted by Crippen LogP contribution is -2.47. The summed E-state index contributed by atoms with van der Waals surface area (Å²) in [7, 11) is 0. The van der Waals surface area contributed by atoms with E-state index in [0.29, 0.717) is 38.2 Å². The summed E-state index contributed by atoms with van der Waals surface area (Å²) < 4.78 is 26.9. The highest BCUT2D eigenvalue weighted by Crippen LogP contribution is 2.30. The van der Waals surface area contributed by atoms with Crippen molar-refractivity contribution in [3.63, 3.8) is 0 Å². The number of benzene rings is 1. The Morgan fingerprint density at radius 1 is 1.04 bits per heavy atom. The fourth-order valence-corrected chi connectivity index (χ4v) is 6.52. The number of esters is 1. The van der Waals surface area contributed by atoms with Gasteiger partial charge in [-0.3, -0.25) is 9.59 Å². The van der Waals surface area contributed by atoms with Crippen molar-refractivity contribution in [2.75, 3.05) is 44.2 Å². The second-order valence-corrected chi connectivity index (χ2v) is 13.3. The zero-order valence-electron chi connectivity index (χ0n) is 27.2. The molecule has 0 aliphatic carbocycles. The summed E-state index contributed by atoms with van der Waals surface area (Å²) in [5.74, 6) is -1.32. The largest absolute Gasteiger partial charge is 0.481 e. The number of amides is 1.